The van der Waals surface area contributed by atoms with Gasteiger partial charge in [-0.3, -0.25) is 14.3 Å². The molecule has 3 rings (SSSR count). The van der Waals surface area contributed by atoms with Crippen molar-refractivity contribution in [2.75, 3.05) is 5.32 Å². The van der Waals surface area contributed by atoms with Crippen LogP contribution >= 0.6 is 0 Å². The first kappa shape index (κ1) is 20.0. The third kappa shape index (κ3) is 5.36. The van der Waals surface area contributed by atoms with E-state index in [1.807, 2.05) is 41.7 Å². The number of nitrogens with one attached hydrogen (secondary N) is 2. The number of amides is 1. The molecule has 1 aromatic heterocycles. The number of carbonyl (C=O) groups excluding carboxylic acids is 1. The summed E-state index contributed by atoms with van der Waals surface area (Å²) in [5.41, 5.74) is 3.74. The lowest BCUT2D eigenvalue weighted by Gasteiger charge is -2.09. The number of hydrogen-bond donors (Lipinski definition) is 4. The summed E-state index contributed by atoms with van der Waals surface area (Å²) < 4.78 is 1.57. The topological polar surface area (TPSA) is 125 Å². The predicted molar refractivity (Wildman–Crippen MR) is 108 cm³/mol. The van der Waals surface area contributed by atoms with Gasteiger partial charge in [0, 0.05) is 24.5 Å². The SMILES string of the molecule is Cn1cc(C(=O)Nc2ccc(C[NH2+]c3ccccc3C(=N)CC(=O)O)cc2)cn1. The second-order valence-corrected chi connectivity index (χ2v) is 6.60. The normalized spacial score (nSPS) is 10.5. The van der Waals surface area contributed by atoms with Crippen molar-refractivity contribution in [1.82, 2.24) is 9.78 Å². The maximum absolute atomic E-state index is 12.2. The van der Waals surface area contributed by atoms with E-state index in [2.05, 4.69) is 10.4 Å². The van der Waals surface area contributed by atoms with Crippen molar-refractivity contribution in [3.63, 3.8) is 0 Å². The Hall–Kier alpha value is -3.78. The molecule has 8 nitrogen and oxygen atoms in total. The van der Waals surface area contributed by atoms with Crippen LogP contribution < -0.4 is 10.6 Å². The number of rotatable bonds is 8. The van der Waals surface area contributed by atoms with E-state index in [0.717, 1.165) is 11.3 Å². The molecular weight excluding hydrogens is 370 g/mol. The molecule has 0 saturated heterocycles. The number of benzene rings is 2. The lowest BCUT2D eigenvalue weighted by Crippen LogP contribution is -2.76. The first-order valence-corrected chi connectivity index (χ1v) is 9.03. The van der Waals surface area contributed by atoms with E-state index in [1.165, 1.54) is 6.20 Å². The summed E-state index contributed by atoms with van der Waals surface area (Å²) in [6, 6.07) is 14.8. The Morgan fingerprint density at radius 3 is 2.55 bits per heavy atom. The predicted octanol–water partition coefficient (Wildman–Crippen LogP) is 1.91. The molecular formula is C21H22N5O3+. The van der Waals surface area contributed by atoms with Gasteiger partial charge in [-0.1, -0.05) is 24.3 Å². The quantitative estimate of drug-likeness (QED) is 0.345. The van der Waals surface area contributed by atoms with Crippen LogP contribution in [-0.4, -0.2) is 32.5 Å². The second-order valence-electron chi connectivity index (χ2n) is 6.60. The van der Waals surface area contributed by atoms with Gasteiger partial charge in [0.05, 0.1) is 29.5 Å². The average Bonchev–Trinajstić information content (AvgIpc) is 3.14. The standard InChI is InChI=1S/C21H21N5O3/c1-26-13-15(12-24-26)21(29)25-16-8-6-14(7-9-16)11-23-19-5-3-2-4-17(19)18(22)10-20(27)28/h2-9,12-13,22-23H,10-11H2,1H3,(H,25,29)(H,27,28)/p+1. The zero-order valence-corrected chi connectivity index (χ0v) is 15.9. The van der Waals surface area contributed by atoms with Crippen LogP contribution in [0.25, 0.3) is 0 Å². The van der Waals surface area contributed by atoms with Crippen molar-refractivity contribution in [3.8, 4) is 0 Å². The van der Waals surface area contributed by atoms with E-state index < -0.39 is 5.97 Å². The Balaban J connectivity index is 1.62. The molecule has 0 radical (unpaired) electrons. The van der Waals surface area contributed by atoms with Crippen molar-refractivity contribution in [2.45, 2.75) is 13.0 Å². The van der Waals surface area contributed by atoms with Gasteiger partial charge in [0.25, 0.3) is 5.91 Å². The number of quaternary nitrogens is 1. The summed E-state index contributed by atoms with van der Waals surface area (Å²) in [5.74, 6) is -1.24. The molecule has 8 heteroatoms. The second kappa shape index (κ2) is 8.94. The molecule has 0 saturated carbocycles. The number of nitrogens with two attached hydrogens (primary N) is 1. The number of aliphatic carboxylic acids is 1. The highest BCUT2D eigenvalue weighted by atomic mass is 16.4. The van der Waals surface area contributed by atoms with Crippen LogP contribution in [0.3, 0.4) is 0 Å². The Morgan fingerprint density at radius 1 is 1.17 bits per heavy atom. The minimum Gasteiger partial charge on any atom is -0.481 e. The molecule has 0 atom stereocenters. The van der Waals surface area contributed by atoms with Gasteiger partial charge in [-0.05, 0) is 24.3 Å². The number of nitrogens with zero attached hydrogens (tertiary/aromatic N) is 2. The van der Waals surface area contributed by atoms with Crippen molar-refractivity contribution < 1.29 is 20.0 Å². The smallest absolute Gasteiger partial charge is 0.309 e. The fraction of sp³-hybridized carbons (Fsp3) is 0.143. The third-order valence-corrected chi connectivity index (χ3v) is 4.35. The van der Waals surface area contributed by atoms with Crippen LogP contribution in [0.5, 0.6) is 0 Å². The molecule has 0 fully saturated rings. The first-order chi connectivity index (χ1) is 13.9. The number of aryl methyl sites for hydroxylation is 1. The molecule has 148 valence electrons. The van der Waals surface area contributed by atoms with Crippen LogP contribution in [-0.2, 0) is 18.4 Å². The average molecular weight is 392 g/mol. The van der Waals surface area contributed by atoms with Crippen LogP contribution in [0.2, 0.25) is 0 Å². The van der Waals surface area contributed by atoms with E-state index in [9.17, 15) is 9.59 Å². The lowest BCUT2D eigenvalue weighted by molar-refractivity contribution is -0.588. The number of anilines is 1. The van der Waals surface area contributed by atoms with Crippen LogP contribution in [0.1, 0.15) is 27.9 Å². The summed E-state index contributed by atoms with van der Waals surface area (Å²) >= 11 is 0. The van der Waals surface area contributed by atoms with E-state index in [0.29, 0.717) is 23.4 Å². The van der Waals surface area contributed by atoms with Gasteiger partial charge >= 0.3 is 5.97 Å². The molecule has 0 unspecified atom stereocenters. The molecule has 0 bridgehead atoms. The fourth-order valence-corrected chi connectivity index (χ4v) is 2.89. The van der Waals surface area contributed by atoms with Crippen LogP contribution in [0.4, 0.5) is 11.4 Å². The summed E-state index contributed by atoms with van der Waals surface area (Å²) in [7, 11) is 1.75. The highest BCUT2D eigenvalue weighted by Gasteiger charge is 2.14. The number of carboxylic acid groups (broad SMARTS) is 1. The lowest BCUT2D eigenvalue weighted by atomic mass is 10.0. The molecule has 1 heterocycles. The molecule has 0 aliphatic heterocycles. The molecule has 0 aliphatic rings. The van der Waals surface area contributed by atoms with Gasteiger partial charge in [-0.15, -0.1) is 0 Å². The largest absolute Gasteiger partial charge is 0.481 e. The molecule has 0 spiro atoms. The molecule has 2 aromatic carbocycles. The van der Waals surface area contributed by atoms with Crippen molar-refractivity contribution in [3.05, 3.63) is 77.6 Å². The van der Waals surface area contributed by atoms with Crippen LogP contribution in [0.15, 0.2) is 60.9 Å². The Morgan fingerprint density at radius 2 is 1.90 bits per heavy atom. The molecule has 29 heavy (non-hydrogen) atoms. The highest BCUT2D eigenvalue weighted by molar-refractivity contribution is 6.09. The summed E-state index contributed by atoms with van der Waals surface area (Å²) in [6.45, 7) is 0.619. The molecule has 1 amide bonds. The van der Waals surface area contributed by atoms with Crippen molar-refractivity contribution in [1.29, 1.82) is 5.41 Å². The Labute approximate surface area is 167 Å². The first-order valence-electron chi connectivity index (χ1n) is 9.03. The number of aromatic nitrogens is 2. The zero-order chi connectivity index (χ0) is 20.8. The van der Waals surface area contributed by atoms with E-state index in [-0.39, 0.29) is 18.0 Å². The van der Waals surface area contributed by atoms with E-state index in [4.69, 9.17) is 10.5 Å². The van der Waals surface area contributed by atoms with Gasteiger partial charge in [0.15, 0.2) is 0 Å². The number of para-hydroxylation sites is 1. The number of hydrogen-bond acceptors (Lipinski definition) is 4. The minimum atomic E-state index is -1.02. The fourth-order valence-electron chi connectivity index (χ4n) is 2.89. The monoisotopic (exact) mass is 392 g/mol. The van der Waals surface area contributed by atoms with Crippen molar-refractivity contribution >= 4 is 29.0 Å². The zero-order valence-electron chi connectivity index (χ0n) is 15.9. The Bertz CT molecular complexity index is 1040. The van der Waals surface area contributed by atoms with Crippen molar-refractivity contribution in [2.24, 2.45) is 7.05 Å². The van der Waals surface area contributed by atoms with Gasteiger partial charge in [0.2, 0.25) is 0 Å². The van der Waals surface area contributed by atoms with Gasteiger partial charge < -0.3 is 21.1 Å². The molecule has 3 aromatic rings. The summed E-state index contributed by atoms with van der Waals surface area (Å²) in [5, 5.41) is 25.7. The highest BCUT2D eigenvalue weighted by Crippen LogP contribution is 2.14. The maximum Gasteiger partial charge on any atom is 0.309 e. The maximum atomic E-state index is 12.2. The number of carboxylic acids is 1. The molecule has 5 N–H and O–H groups in total. The molecule has 0 aliphatic carbocycles. The third-order valence-electron chi connectivity index (χ3n) is 4.35. The van der Waals surface area contributed by atoms with Gasteiger partial charge in [-0.2, -0.15) is 5.10 Å². The van der Waals surface area contributed by atoms with E-state index in [1.54, 1.807) is 30.1 Å². The van der Waals surface area contributed by atoms with Gasteiger partial charge in [0.1, 0.15) is 12.2 Å². The summed E-state index contributed by atoms with van der Waals surface area (Å²) in [6.07, 6.45) is 2.85. The Kier molecular flexibility index (Phi) is 6.16. The van der Waals surface area contributed by atoms with Crippen LogP contribution in [0, 0.1) is 5.41 Å². The minimum absolute atomic E-state index is 0.0813. The van der Waals surface area contributed by atoms with E-state index >= 15 is 0 Å². The summed E-state index contributed by atoms with van der Waals surface area (Å²) in [4.78, 5) is 23.1. The number of carbonyl (C=O) groups is 2. The van der Waals surface area contributed by atoms with Gasteiger partial charge in [-0.25, -0.2) is 0 Å².